The van der Waals surface area contributed by atoms with Gasteiger partial charge in [0.15, 0.2) is 27.8 Å². The fourth-order valence-electron chi connectivity index (χ4n) is 11.4. The zero-order valence-corrected chi connectivity index (χ0v) is 68.8. The number of ketones is 2. The minimum atomic E-state index is -6.09. The second kappa shape index (κ2) is 46.3. The fourth-order valence-corrected chi connectivity index (χ4v) is 11.6. The van der Waals surface area contributed by atoms with E-state index in [1.807, 2.05) is 160 Å². The molecule has 0 saturated heterocycles. The van der Waals surface area contributed by atoms with E-state index in [4.69, 9.17) is 43.9 Å². The van der Waals surface area contributed by atoms with Crippen LogP contribution in [0.15, 0.2) is 329 Å². The second-order valence-electron chi connectivity index (χ2n) is 26.8. The molecule has 0 aliphatic heterocycles. The third kappa shape index (κ3) is 28.0. The zero-order chi connectivity index (χ0) is 89.8. The van der Waals surface area contributed by atoms with Gasteiger partial charge in [0.25, 0.3) is 0 Å². The van der Waals surface area contributed by atoms with E-state index in [-0.39, 0.29) is 28.9 Å². The van der Waals surface area contributed by atoms with Gasteiger partial charge in [-0.25, -0.2) is 41.8 Å². The Hall–Kier alpha value is -15.6. The molecule has 632 valence electrons. The standard InChI is InChI=1S/C22H12N2O3.C19H15NO2.C16H12ClNO2.C16H13NO2.C10H11N2O3.C10H12N2O2.CHF3O3S/c23-13-19(14-7-2-1-3-8-14)24-27-22(26)18-12-6-11-17-20(18)15-9-4-5-10-16(15)21(17)25;1-14(15-8-3-2-4-9-15)20-22-19(21)18-13-7-11-16-10-5-6-12-17(16)18;17-14-7-3-6-13(8-14)16(19)20-18-15-9-11-4-1-2-5-12(11)10-15;18-16(13-7-2-1-3-8-13)19-17-15-11-10-12-6-4-5-9-14(12)15;1-8(13)10(14)15-11-7-9-5-3-4-6-12(9)2;1-8(2)10(13)14-12-7-9-4-3-5-11-6-9;2-1(3,4)8(5,6)7/h1-12H;2-13H,1H3;1-8H,9-10H2;1-9H,10-11H2;3-7H,1-2H3;3-8H,1-2H3;(H,5,6,7)/q;;;;+1;;/p-1/b24-19+;20-14+;;17-15+;11-7+;12-7+;. The molecule has 0 atom stereocenters. The van der Waals surface area contributed by atoms with Crippen LogP contribution in [0.3, 0.4) is 0 Å². The van der Waals surface area contributed by atoms with Crippen molar-refractivity contribution in [2.45, 2.75) is 58.9 Å². The molecule has 15 rings (SSSR count). The topological polar surface area (TPSA) is 364 Å². The highest BCUT2D eigenvalue weighted by molar-refractivity contribution is 7.86. The summed E-state index contributed by atoms with van der Waals surface area (Å²) in [7, 11) is -4.26. The number of oxime groups is 6. The van der Waals surface area contributed by atoms with Crippen LogP contribution in [0, 0.1) is 17.2 Å². The smallest absolute Gasteiger partial charge is 0.485 e. The van der Waals surface area contributed by atoms with E-state index in [0.29, 0.717) is 55.2 Å². The SMILES string of the molecule is C/C(=N\OC(=O)c1cccc2ccccc12)c1ccccc1.CC(=O)C(=O)O/N=C/c1cccc[n+]1C.CC(C)C(=O)O/N=C/c1cccnc1.N#C/C(=N\OC(=O)c1cccc2c1-c1ccccc1C2=O)c1ccccc1.O=C(O/N=C1\CCc2ccccc21)c1ccccc1.O=C(ON=C1Cc2ccccc2C1)c1cccc(Cl)c1.O=S(=O)([O-])C(F)(F)F. The van der Waals surface area contributed by atoms with E-state index in [1.54, 1.807) is 158 Å². The van der Waals surface area contributed by atoms with Crippen molar-refractivity contribution in [1.82, 2.24) is 4.98 Å². The minimum Gasteiger partial charge on any atom is -0.741 e. The van der Waals surface area contributed by atoms with Crippen LogP contribution in [0.5, 0.6) is 0 Å². The summed E-state index contributed by atoms with van der Waals surface area (Å²) in [6, 6.07) is 86.3. The molecule has 3 aliphatic carbocycles. The molecule has 2 aromatic heterocycles. The quantitative estimate of drug-likeness (QED) is 0.0165. The highest BCUT2D eigenvalue weighted by Gasteiger charge is 2.37. The van der Waals surface area contributed by atoms with Crippen molar-refractivity contribution in [1.29, 1.82) is 5.26 Å². The van der Waals surface area contributed by atoms with E-state index in [1.165, 1.54) is 29.1 Å². The first kappa shape index (κ1) is 93.3. The number of benzene rings is 10. The highest BCUT2D eigenvalue weighted by atomic mass is 35.5. The normalized spacial score (nSPS) is 12.4. The summed E-state index contributed by atoms with van der Waals surface area (Å²) >= 11 is 5.83. The molecule has 31 heteroatoms. The number of hydrogen-bond donors (Lipinski definition) is 0. The Morgan fingerprint density at radius 2 is 1.06 bits per heavy atom. The first-order chi connectivity index (χ1) is 60.1. The molecule has 12 aromatic rings. The number of rotatable bonds is 16. The summed E-state index contributed by atoms with van der Waals surface area (Å²) in [4.78, 5) is 126. The molecule has 0 fully saturated rings. The van der Waals surface area contributed by atoms with Crippen molar-refractivity contribution in [3.8, 4) is 17.2 Å². The summed E-state index contributed by atoms with van der Waals surface area (Å²) in [5.74, 6) is -4.36. The number of aryl methyl sites for hydroxylation is 2. The predicted molar refractivity (Wildman–Crippen MR) is 459 cm³/mol. The van der Waals surface area contributed by atoms with Crippen LogP contribution in [0.4, 0.5) is 13.2 Å². The molecule has 0 N–H and O–H groups in total. The summed E-state index contributed by atoms with van der Waals surface area (Å²) in [5, 5.41) is 34.2. The predicted octanol–water partition coefficient (Wildman–Crippen LogP) is 16.9. The van der Waals surface area contributed by atoms with E-state index in [0.717, 1.165) is 77.2 Å². The van der Waals surface area contributed by atoms with E-state index in [9.17, 15) is 56.8 Å². The van der Waals surface area contributed by atoms with Gasteiger partial charge in [0.05, 0.1) is 51.5 Å². The largest absolute Gasteiger partial charge is 0.741 e. The van der Waals surface area contributed by atoms with Crippen LogP contribution in [0.25, 0.3) is 21.9 Å². The molecule has 0 amide bonds. The molecule has 0 spiro atoms. The Kier molecular flexibility index (Phi) is 34.5. The number of Topliss-reactive ketones (excluding diaryl/α,β-unsaturated/α-hetero) is 1. The van der Waals surface area contributed by atoms with E-state index >= 15 is 0 Å². The van der Waals surface area contributed by atoms with Crippen molar-refractivity contribution < 1.29 is 98.1 Å². The molecule has 0 unspecified atom stereocenters. The van der Waals surface area contributed by atoms with Crippen LogP contribution in [0.1, 0.15) is 136 Å². The number of nitrogens with zero attached hydrogens (tertiary/aromatic N) is 9. The van der Waals surface area contributed by atoms with Gasteiger partial charge in [-0.3, -0.25) is 14.6 Å². The fraction of sp³-hybridized carbons (Fsp3) is 0.117. The minimum absolute atomic E-state index is 0.00648. The van der Waals surface area contributed by atoms with Crippen LogP contribution >= 0.6 is 11.6 Å². The molecule has 10 aromatic carbocycles. The maximum atomic E-state index is 12.6. The number of nitriles is 1. The van der Waals surface area contributed by atoms with Crippen molar-refractivity contribution >= 4 is 115 Å². The van der Waals surface area contributed by atoms with Gasteiger partial charge in [0.1, 0.15) is 19.3 Å². The lowest BCUT2D eigenvalue weighted by Gasteiger charge is -2.08. The Balaban J connectivity index is 0.000000169. The molecule has 0 bridgehead atoms. The average molecular weight is 1730 g/mol. The lowest BCUT2D eigenvalue weighted by Crippen LogP contribution is -2.32. The van der Waals surface area contributed by atoms with Crippen LogP contribution < -0.4 is 4.57 Å². The zero-order valence-electron chi connectivity index (χ0n) is 67.2. The molecule has 0 radical (unpaired) electrons. The first-order valence-corrected chi connectivity index (χ1v) is 39.6. The monoisotopic (exact) mass is 1730 g/mol. The highest BCUT2D eigenvalue weighted by Crippen LogP contribution is 2.39. The number of aromatic nitrogens is 2. The van der Waals surface area contributed by atoms with Gasteiger partial charge < -0.3 is 33.6 Å². The van der Waals surface area contributed by atoms with E-state index in [2.05, 4.69) is 63.8 Å². The molecule has 26 nitrogen and oxygen atoms in total. The van der Waals surface area contributed by atoms with Gasteiger partial charge in [0.2, 0.25) is 11.5 Å². The molecular formula is C94H75ClF3N9O17S. The second-order valence-corrected chi connectivity index (χ2v) is 28.7. The van der Waals surface area contributed by atoms with Crippen LogP contribution in [0.2, 0.25) is 5.02 Å². The summed E-state index contributed by atoms with van der Waals surface area (Å²) in [6.45, 7) is 6.44. The first-order valence-electron chi connectivity index (χ1n) is 37.8. The maximum absolute atomic E-state index is 12.6. The summed E-state index contributed by atoms with van der Waals surface area (Å²) in [6.07, 6.45) is 11.2. The maximum Gasteiger partial charge on any atom is 0.485 e. The van der Waals surface area contributed by atoms with E-state index < -0.39 is 51.3 Å². The number of halogens is 4. The van der Waals surface area contributed by atoms with Gasteiger partial charge >= 0.3 is 41.3 Å². The van der Waals surface area contributed by atoms with Gasteiger partial charge in [-0.15, -0.1) is 0 Å². The third-order valence-corrected chi connectivity index (χ3v) is 18.5. The lowest BCUT2D eigenvalue weighted by atomic mass is 10.00. The Morgan fingerprint density at radius 1 is 0.536 bits per heavy atom. The Morgan fingerprint density at radius 3 is 1.68 bits per heavy atom. The number of alkyl halides is 3. The van der Waals surface area contributed by atoms with Gasteiger partial charge in [-0.05, 0) is 113 Å². The number of pyridine rings is 2. The summed E-state index contributed by atoms with van der Waals surface area (Å²) in [5.41, 5.74) is 8.48. The third-order valence-electron chi connectivity index (χ3n) is 17.7. The molecule has 0 saturated carbocycles. The number of hydrogen-bond acceptors (Lipinski definition) is 25. The van der Waals surface area contributed by atoms with Crippen LogP contribution in [-0.4, -0.2) is 106 Å². The van der Waals surface area contributed by atoms with Gasteiger partial charge in [0, 0.05) is 82.7 Å². The molecule has 2 heterocycles. The summed E-state index contributed by atoms with van der Waals surface area (Å²) < 4.78 is 60.7. The van der Waals surface area contributed by atoms with Crippen molar-refractivity contribution in [3.63, 3.8) is 0 Å². The Bertz CT molecular complexity index is 6220. The molecule has 3 aliphatic rings. The number of carbonyl (C=O) groups excluding carboxylic acids is 8. The number of carbonyl (C=O) groups is 8. The van der Waals surface area contributed by atoms with Crippen LogP contribution in [-0.2, 0) is 79.8 Å². The lowest BCUT2D eigenvalue weighted by molar-refractivity contribution is -0.672. The van der Waals surface area contributed by atoms with Crippen molar-refractivity contribution in [3.05, 3.63) is 381 Å². The Labute approximate surface area is 720 Å². The number of fused-ring (bicyclic) bond motifs is 6. The molecular weight excluding hydrogens is 1650 g/mol. The van der Waals surface area contributed by atoms with Crippen molar-refractivity contribution in [2.75, 3.05) is 0 Å². The van der Waals surface area contributed by atoms with Crippen molar-refractivity contribution in [2.24, 2.45) is 43.9 Å². The van der Waals surface area contributed by atoms with Gasteiger partial charge in [-0.2, -0.15) is 18.4 Å². The average Bonchev–Trinajstić information content (AvgIpc) is 1.60. The van der Waals surface area contributed by atoms with Gasteiger partial charge in [-0.1, -0.05) is 269 Å². The molecule has 125 heavy (non-hydrogen) atoms.